The molecule has 1 saturated heterocycles. The number of sulfonamides is 1. The summed E-state index contributed by atoms with van der Waals surface area (Å²) in [5.41, 5.74) is 3.39. The first-order chi connectivity index (χ1) is 29.5. The molecule has 0 unspecified atom stereocenters. The van der Waals surface area contributed by atoms with Crippen molar-refractivity contribution in [3.63, 3.8) is 0 Å². The number of anilines is 2. The lowest BCUT2D eigenvalue weighted by atomic mass is 9.93. The molecule has 0 aliphatic carbocycles. The maximum absolute atomic E-state index is 14.3. The van der Waals surface area contributed by atoms with Crippen LogP contribution in [0.3, 0.4) is 0 Å². The minimum Gasteiger partial charge on any atom is -0.398 e. The molecule has 0 atom stereocenters. The van der Waals surface area contributed by atoms with Crippen molar-refractivity contribution in [2.24, 2.45) is 0 Å². The zero-order chi connectivity index (χ0) is 44.5. The number of nitrogens with one attached hydrogen (secondary N) is 1. The average Bonchev–Trinajstić information content (AvgIpc) is 3.23. The summed E-state index contributed by atoms with van der Waals surface area (Å²) in [7, 11) is -0.0611. The van der Waals surface area contributed by atoms with Crippen LogP contribution in [0.2, 0.25) is 5.02 Å². The minimum absolute atomic E-state index is 0.0230. The first kappa shape index (κ1) is 47.5. The third-order valence-electron chi connectivity index (χ3n) is 10.6. The lowest BCUT2D eigenvalue weighted by Gasteiger charge is -2.46. The molecule has 4 aromatic carbocycles. The van der Waals surface area contributed by atoms with Gasteiger partial charge < -0.3 is 15.7 Å². The van der Waals surface area contributed by atoms with E-state index in [0.29, 0.717) is 61.7 Å². The number of halogens is 5. The van der Waals surface area contributed by atoms with Crippen molar-refractivity contribution < 1.29 is 31.1 Å². The number of piperidine rings is 1. The number of fused-ring (bicyclic) bond motifs is 1. The Labute approximate surface area is 374 Å². The molecule has 0 spiro atoms. The number of nitrogen functional groups attached to an aromatic ring is 1. The maximum atomic E-state index is 14.3. The van der Waals surface area contributed by atoms with Gasteiger partial charge >= 0.3 is 5.51 Å². The van der Waals surface area contributed by atoms with Gasteiger partial charge in [-0.25, -0.2) is 22.8 Å². The molecule has 5 aromatic rings. The zero-order valence-corrected chi connectivity index (χ0v) is 37.6. The van der Waals surface area contributed by atoms with Crippen molar-refractivity contribution in [2.45, 2.75) is 71.1 Å². The summed E-state index contributed by atoms with van der Waals surface area (Å²) in [5.74, 6) is 0.929. The van der Waals surface area contributed by atoms with Crippen molar-refractivity contribution in [1.29, 1.82) is 0 Å². The highest BCUT2D eigenvalue weighted by Gasteiger charge is 2.40. The minimum atomic E-state index is -4.65. The molecule has 3 heterocycles. The Kier molecular flexibility index (Phi) is 16.2. The lowest BCUT2D eigenvalue weighted by Crippen LogP contribution is -2.56. The van der Waals surface area contributed by atoms with E-state index in [9.17, 15) is 31.1 Å². The standard InChI is InChI=1S/C32H31ClF4N6O3S2.C12H19NS/c33-22-3-1-20(2-4-22)25-7-5-23(34)15-21(25)17-42-13-10-31(44,11-14-42)43-12-9-26-28(18-43)39-19-40-30(26)41-48(45,46)24-6-8-27(38)29(16-24)47-32(35,36)37;1-13(2)10-6-7-11-14-12-8-4-3-5-9-12/h1-8,15-16,19,44H,9-14,17-18,38H2,(H,39,40,41);3-5,8-9H,6-7,10-11H2,1-2H3. The number of aromatic nitrogens is 2. The summed E-state index contributed by atoms with van der Waals surface area (Å²) in [6, 6.07) is 25.8. The Morgan fingerprint density at radius 1 is 0.952 bits per heavy atom. The van der Waals surface area contributed by atoms with E-state index in [1.54, 1.807) is 18.2 Å². The number of nitrogens with zero attached hydrogens (tertiary/aromatic N) is 5. The van der Waals surface area contributed by atoms with Crippen LogP contribution in [0.15, 0.2) is 112 Å². The molecular formula is C44H50ClF4N7O3S3. The van der Waals surface area contributed by atoms with Gasteiger partial charge in [-0.05, 0) is 129 Å². The lowest BCUT2D eigenvalue weighted by molar-refractivity contribution is -0.150. The number of hydrogen-bond acceptors (Lipinski definition) is 11. The summed E-state index contributed by atoms with van der Waals surface area (Å²) in [6.45, 7) is 3.44. The number of aliphatic hydroxyl groups is 1. The molecule has 10 nitrogen and oxygen atoms in total. The van der Waals surface area contributed by atoms with Gasteiger partial charge in [0.1, 0.15) is 23.7 Å². The predicted molar refractivity (Wildman–Crippen MR) is 241 cm³/mol. The molecule has 7 rings (SSSR count). The Morgan fingerprint density at radius 2 is 1.68 bits per heavy atom. The summed E-state index contributed by atoms with van der Waals surface area (Å²) in [5, 5.41) is 12.3. The van der Waals surface area contributed by atoms with E-state index < -0.39 is 42.8 Å². The number of alkyl halides is 3. The number of nitrogens with two attached hydrogens (primary N) is 1. The van der Waals surface area contributed by atoms with Crippen LogP contribution in [-0.4, -0.2) is 95.5 Å². The van der Waals surface area contributed by atoms with Crippen LogP contribution >= 0.6 is 35.1 Å². The quantitative estimate of drug-likeness (QED) is 0.0427. The van der Waals surface area contributed by atoms with Gasteiger partial charge in [0.15, 0.2) is 0 Å². The largest absolute Gasteiger partial charge is 0.446 e. The van der Waals surface area contributed by atoms with Crippen molar-refractivity contribution in [2.75, 3.05) is 56.5 Å². The summed E-state index contributed by atoms with van der Waals surface area (Å²) in [6.07, 6.45) is 4.98. The van der Waals surface area contributed by atoms with E-state index in [-0.39, 0.29) is 23.9 Å². The molecule has 1 aromatic heterocycles. The van der Waals surface area contributed by atoms with E-state index in [1.165, 1.54) is 48.5 Å². The third kappa shape index (κ3) is 13.3. The zero-order valence-electron chi connectivity index (χ0n) is 34.4. The fourth-order valence-corrected chi connectivity index (χ4v) is 10.2. The van der Waals surface area contributed by atoms with Crippen LogP contribution in [0.25, 0.3) is 11.1 Å². The van der Waals surface area contributed by atoms with E-state index >= 15 is 0 Å². The van der Waals surface area contributed by atoms with Gasteiger partial charge in [-0.3, -0.25) is 14.5 Å². The number of rotatable bonds is 14. The summed E-state index contributed by atoms with van der Waals surface area (Å²) in [4.78, 5) is 15.4. The Hall–Kier alpha value is -3.94. The van der Waals surface area contributed by atoms with E-state index in [0.717, 1.165) is 34.9 Å². The van der Waals surface area contributed by atoms with Crippen LogP contribution in [0, 0.1) is 5.82 Å². The fourth-order valence-electron chi connectivity index (χ4n) is 7.35. The monoisotopic (exact) mass is 931 g/mol. The highest BCUT2D eigenvalue weighted by molar-refractivity contribution is 8.00. The highest BCUT2D eigenvalue weighted by atomic mass is 35.5. The summed E-state index contributed by atoms with van der Waals surface area (Å²) >= 11 is 7.52. The van der Waals surface area contributed by atoms with Crippen molar-refractivity contribution in [3.8, 4) is 11.1 Å². The van der Waals surface area contributed by atoms with Crippen LogP contribution < -0.4 is 10.5 Å². The van der Waals surface area contributed by atoms with Gasteiger partial charge in [-0.2, -0.15) is 13.2 Å². The van der Waals surface area contributed by atoms with Crippen molar-refractivity contribution >= 4 is 56.7 Å². The normalized spacial score (nSPS) is 15.8. The second-order valence-corrected chi connectivity index (χ2v) is 19.8. The topological polar surface area (TPSA) is 128 Å². The Bertz CT molecular complexity index is 2370. The van der Waals surface area contributed by atoms with Crippen LogP contribution in [0.5, 0.6) is 0 Å². The van der Waals surface area contributed by atoms with Gasteiger partial charge in [0.25, 0.3) is 10.0 Å². The van der Waals surface area contributed by atoms with Gasteiger partial charge in [0.2, 0.25) is 0 Å². The molecule has 332 valence electrons. The first-order valence-electron chi connectivity index (χ1n) is 20.1. The van der Waals surface area contributed by atoms with Crippen LogP contribution in [0.1, 0.15) is 42.5 Å². The van der Waals surface area contributed by atoms with Gasteiger partial charge in [0, 0.05) is 71.6 Å². The molecule has 4 N–H and O–H groups in total. The van der Waals surface area contributed by atoms with Gasteiger partial charge in [-0.1, -0.05) is 48.0 Å². The number of benzene rings is 4. The predicted octanol–water partition coefficient (Wildman–Crippen LogP) is 9.39. The molecule has 2 aliphatic rings. The molecule has 0 amide bonds. The summed E-state index contributed by atoms with van der Waals surface area (Å²) < 4.78 is 82.0. The molecule has 62 heavy (non-hydrogen) atoms. The molecule has 18 heteroatoms. The van der Waals surface area contributed by atoms with Gasteiger partial charge in [0.05, 0.1) is 10.6 Å². The number of likely N-dealkylation sites (tertiary alicyclic amines) is 1. The van der Waals surface area contributed by atoms with Gasteiger partial charge in [-0.15, -0.1) is 11.8 Å². The van der Waals surface area contributed by atoms with E-state index in [4.69, 9.17) is 17.3 Å². The van der Waals surface area contributed by atoms with Crippen LogP contribution in [0.4, 0.5) is 29.1 Å². The van der Waals surface area contributed by atoms with Crippen LogP contribution in [-0.2, 0) is 29.5 Å². The molecule has 0 bridgehead atoms. The number of unbranched alkanes of at least 4 members (excludes halogenated alkanes) is 1. The maximum Gasteiger partial charge on any atom is 0.446 e. The smallest absolute Gasteiger partial charge is 0.398 e. The average molecular weight is 933 g/mol. The second-order valence-electron chi connectivity index (χ2n) is 15.4. The second kappa shape index (κ2) is 21.2. The SMILES string of the molecule is CN(C)CCCCSc1ccccc1.Nc1ccc(S(=O)(=O)Nc2ncnc3c2CCN(C2(O)CCN(Cc4cc(F)ccc4-c4ccc(Cl)cc4)CC2)C3)cc1SC(F)(F)F. The molecule has 0 radical (unpaired) electrons. The fraction of sp³-hybridized carbons (Fsp3) is 0.364. The Morgan fingerprint density at radius 3 is 2.37 bits per heavy atom. The van der Waals surface area contributed by atoms with Crippen molar-refractivity contribution in [3.05, 3.63) is 125 Å². The molecule has 0 saturated carbocycles. The van der Waals surface area contributed by atoms with E-state index in [1.807, 2.05) is 28.8 Å². The first-order valence-corrected chi connectivity index (χ1v) is 23.7. The molecular weight excluding hydrogens is 882 g/mol. The molecule has 1 fully saturated rings. The number of thioether (sulfide) groups is 2. The Balaban J connectivity index is 0.000000390. The number of hydrogen-bond donors (Lipinski definition) is 3. The highest BCUT2D eigenvalue weighted by Crippen LogP contribution is 2.41. The van der Waals surface area contributed by atoms with E-state index in [2.05, 4.69) is 68.9 Å². The third-order valence-corrected chi connectivity index (χ3v) is 14.1. The van der Waals surface area contributed by atoms with Crippen molar-refractivity contribution in [1.82, 2.24) is 24.7 Å². The molecule has 2 aliphatic heterocycles.